The molecule has 0 unspecified atom stereocenters. The standard InChI is InChI=1S/C14H17N3O2/c1-9-4-5-13(18)12(6-9)14(19)15-7-11-8-16-17(3)10(11)2/h4-6,8,18H,7H2,1-3H3,(H,15,19). The summed E-state index contributed by atoms with van der Waals surface area (Å²) in [6.07, 6.45) is 1.73. The molecule has 0 saturated heterocycles. The number of nitrogens with one attached hydrogen (secondary N) is 1. The second-order valence-corrected chi connectivity index (χ2v) is 4.58. The van der Waals surface area contributed by atoms with Crippen molar-refractivity contribution in [3.05, 3.63) is 46.8 Å². The van der Waals surface area contributed by atoms with Crippen molar-refractivity contribution in [1.29, 1.82) is 0 Å². The number of phenols is 1. The van der Waals surface area contributed by atoms with Crippen LogP contribution in [0.25, 0.3) is 0 Å². The fourth-order valence-electron chi connectivity index (χ4n) is 1.82. The Morgan fingerprint density at radius 2 is 2.16 bits per heavy atom. The van der Waals surface area contributed by atoms with Crippen LogP contribution >= 0.6 is 0 Å². The minimum absolute atomic E-state index is 0.00833. The number of phenolic OH excluding ortho intramolecular Hbond substituents is 1. The van der Waals surface area contributed by atoms with Crippen LogP contribution in [0.4, 0.5) is 0 Å². The van der Waals surface area contributed by atoms with Gasteiger partial charge in [0.2, 0.25) is 0 Å². The highest BCUT2D eigenvalue weighted by Crippen LogP contribution is 2.18. The van der Waals surface area contributed by atoms with Crippen LogP contribution in [0.5, 0.6) is 5.75 Å². The molecule has 0 aliphatic heterocycles. The largest absolute Gasteiger partial charge is 0.507 e. The van der Waals surface area contributed by atoms with Crippen molar-refractivity contribution in [3.63, 3.8) is 0 Å². The third-order valence-corrected chi connectivity index (χ3v) is 3.17. The number of aryl methyl sites for hydroxylation is 2. The topological polar surface area (TPSA) is 67.2 Å². The highest BCUT2D eigenvalue weighted by molar-refractivity contribution is 5.96. The van der Waals surface area contributed by atoms with Gasteiger partial charge in [-0.25, -0.2) is 0 Å². The Balaban J connectivity index is 2.09. The molecule has 1 aromatic heterocycles. The maximum Gasteiger partial charge on any atom is 0.255 e. The first kappa shape index (κ1) is 13.1. The molecular formula is C14H17N3O2. The minimum Gasteiger partial charge on any atom is -0.507 e. The lowest BCUT2D eigenvalue weighted by Crippen LogP contribution is -2.23. The maximum absolute atomic E-state index is 12.0. The van der Waals surface area contributed by atoms with Crippen LogP contribution in [0.3, 0.4) is 0 Å². The van der Waals surface area contributed by atoms with Crippen molar-refractivity contribution in [1.82, 2.24) is 15.1 Å². The van der Waals surface area contributed by atoms with Gasteiger partial charge in [-0.15, -0.1) is 0 Å². The first-order valence-corrected chi connectivity index (χ1v) is 6.04. The Morgan fingerprint density at radius 1 is 1.42 bits per heavy atom. The molecule has 2 N–H and O–H groups in total. The zero-order chi connectivity index (χ0) is 14.0. The summed E-state index contributed by atoms with van der Waals surface area (Å²) in [4.78, 5) is 12.0. The molecule has 1 amide bonds. The van der Waals surface area contributed by atoms with Gasteiger partial charge >= 0.3 is 0 Å². The predicted molar refractivity (Wildman–Crippen MR) is 72.0 cm³/mol. The minimum atomic E-state index is -0.288. The van der Waals surface area contributed by atoms with Crippen molar-refractivity contribution in [2.75, 3.05) is 0 Å². The Kier molecular flexibility index (Phi) is 3.55. The van der Waals surface area contributed by atoms with E-state index in [0.29, 0.717) is 12.1 Å². The number of amides is 1. The van der Waals surface area contributed by atoms with Crippen LogP contribution in [0, 0.1) is 13.8 Å². The summed E-state index contributed by atoms with van der Waals surface area (Å²) >= 11 is 0. The average molecular weight is 259 g/mol. The van der Waals surface area contributed by atoms with Crippen LogP contribution in [0.1, 0.15) is 27.2 Å². The van der Waals surface area contributed by atoms with E-state index in [1.54, 1.807) is 23.0 Å². The van der Waals surface area contributed by atoms with E-state index in [9.17, 15) is 9.90 Å². The van der Waals surface area contributed by atoms with Crippen LogP contribution in [-0.4, -0.2) is 20.8 Å². The molecule has 5 nitrogen and oxygen atoms in total. The highest BCUT2D eigenvalue weighted by Gasteiger charge is 2.12. The summed E-state index contributed by atoms with van der Waals surface area (Å²) < 4.78 is 1.76. The number of aromatic nitrogens is 2. The molecule has 0 fully saturated rings. The summed E-state index contributed by atoms with van der Waals surface area (Å²) in [6.45, 7) is 4.21. The molecule has 0 aliphatic carbocycles. The van der Waals surface area contributed by atoms with E-state index in [4.69, 9.17) is 0 Å². The maximum atomic E-state index is 12.0. The van der Waals surface area contributed by atoms with Gasteiger partial charge in [0.25, 0.3) is 5.91 Å². The normalized spacial score (nSPS) is 10.5. The van der Waals surface area contributed by atoms with Gasteiger partial charge in [0.05, 0.1) is 11.8 Å². The molecule has 0 aliphatic rings. The molecule has 1 heterocycles. The lowest BCUT2D eigenvalue weighted by atomic mass is 10.1. The lowest BCUT2D eigenvalue weighted by molar-refractivity contribution is 0.0948. The Morgan fingerprint density at radius 3 is 2.79 bits per heavy atom. The summed E-state index contributed by atoms with van der Waals surface area (Å²) in [5.74, 6) is -0.296. The van der Waals surface area contributed by atoms with E-state index in [1.807, 2.05) is 20.9 Å². The van der Waals surface area contributed by atoms with Gasteiger partial charge in [0, 0.05) is 24.8 Å². The number of benzene rings is 1. The van der Waals surface area contributed by atoms with Crippen LogP contribution in [0.15, 0.2) is 24.4 Å². The molecule has 0 saturated carbocycles. The Bertz CT molecular complexity index is 617. The zero-order valence-corrected chi connectivity index (χ0v) is 11.3. The number of hydrogen-bond acceptors (Lipinski definition) is 3. The van der Waals surface area contributed by atoms with Gasteiger partial charge in [-0.3, -0.25) is 9.48 Å². The van der Waals surface area contributed by atoms with Crippen molar-refractivity contribution in [2.24, 2.45) is 7.05 Å². The fraction of sp³-hybridized carbons (Fsp3) is 0.286. The second-order valence-electron chi connectivity index (χ2n) is 4.58. The first-order chi connectivity index (χ1) is 8.99. The summed E-state index contributed by atoms with van der Waals surface area (Å²) in [5, 5.41) is 16.6. The number of rotatable bonds is 3. The van der Waals surface area contributed by atoms with Crippen molar-refractivity contribution in [2.45, 2.75) is 20.4 Å². The van der Waals surface area contributed by atoms with E-state index in [-0.39, 0.29) is 11.7 Å². The number of nitrogens with zero attached hydrogens (tertiary/aromatic N) is 2. The van der Waals surface area contributed by atoms with Crippen molar-refractivity contribution in [3.8, 4) is 5.75 Å². The summed E-state index contributed by atoms with van der Waals surface area (Å²) in [6, 6.07) is 4.96. The second kappa shape index (κ2) is 5.14. The molecule has 0 bridgehead atoms. The molecular weight excluding hydrogens is 242 g/mol. The monoisotopic (exact) mass is 259 g/mol. The molecule has 0 spiro atoms. The number of aromatic hydroxyl groups is 1. The summed E-state index contributed by atoms with van der Waals surface area (Å²) in [5.41, 5.74) is 3.19. The van der Waals surface area contributed by atoms with Gasteiger partial charge in [-0.2, -0.15) is 5.10 Å². The number of hydrogen-bond donors (Lipinski definition) is 2. The van der Waals surface area contributed by atoms with E-state index in [2.05, 4.69) is 10.4 Å². The third kappa shape index (κ3) is 2.76. The highest BCUT2D eigenvalue weighted by atomic mass is 16.3. The Hall–Kier alpha value is -2.30. The zero-order valence-electron chi connectivity index (χ0n) is 11.3. The van der Waals surface area contributed by atoms with Gasteiger partial charge in [0.15, 0.2) is 0 Å². The molecule has 2 rings (SSSR count). The van der Waals surface area contributed by atoms with Crippen molar-refractivity contribution >= 4 is 5.91 Å². The van der Waals surface area contributed by atoms with Gasteiger partial charge in [-0.1, -0.05) is 11.6 Å². The molecule has 19 heavy (non-hydrogen) atoms. The third-order valence-electron chi connectivity index (χ3n) is 3.17. The smallest absolute Gasteiger partial charge is 0.255 e. The van der Waals surface area contributed by atoms with E-state index in [0.717, 1.165) is 16.8 Å². The van der Waals surface area contributed by atoms with Crippen molar-refractivity contribution < 1.29 is 9.90 Å². The van der Waals surface area contributed by atoms with E-state index >= 15 is 0 Å². The molecule has 0 atom stereocenters. The quantitative estimate of drug-likeness (QED) is 0.881. The molecule has 5 heteroatoms. The molecule has 0 radical (unpaired) electrons. The van der Waals surface area contributed by atoms with Gasteiger partial charge in [-0.05, 0) is 26.0 Å². The van der Waals surface area contributed by atoms with Gasteiger partial charge in [0.1, 0.15) is 5.75 Å². The predicted octanol–water partition coefficient (Wildman–Crippen LogP) is 1.67. The Labute approximate surface area is 111 Å². The lowest BCUT2D eigenvalue weighted by Gasteiger charge is -2.07. The van der Waals surface area contributed by atoms with Crippen LogP contribution in [-0.2, 0) is 13.6 Å². The number of carbonyl (C=O) groups is 1. The SMILES string of the molecule is Cc1ccc(O)c(C(=O)NCc2cnn(C)c2C)c1. The fourth-order valence-corrected chi connectivity index (χ4v) is 1.82. The van der Waals surface area contributed by atoms with Gasteiger partial charge < -0.3 is 10.4 Å². The van der Waals surface area contributed by atoms with Crippen LogP contribution in [0.2, 0.25) is 0 Å². The van der Waals surface area contributed by atoms with E-state index in [1.165, 1.54) is 6.07 Å². The molecule has 1 aromatic carbocycles. The molecule has 100 valence electrons. The summed E-state index contributed by atoms with van der Waals surface area (Å²) in [7, 11) is 1.85. The van der Waals surface area contributed by atoms with E-state index < -0.39 is 0 Å². The van der Waals surface area contributed by atoms with Crippen LogP contribution < -0.4 is 5.32 Å². The average Bonchev–Trinajstić information content (AvgIpc) is 2.70. The molecule has 2 aromatic rings. The first-order valence-electron chi connectivity index (χ1n) is 6.04. The number of carbonyl (C=O) groups excluding carboxylic acids is 1.